The van der Waals surface area contributed by atoms with Gasteiger partial charge in [-0.1, -0.05) is 0 Å². The van der Waals surface area contributed by atoms with Gasteiger partial charge in [-0.2, -0.15) is 0 Å². The molecule has 2 N–H and O–H groups in total. The number of aromatic nitrogens is 1. The summed E-state index contributed by atoms with van der Waals surface area (Å²) in [6.45, 7) is 3.62. The van der Waals surface area contributed by atoms with Crippen LogP contribution in [-0.2, 0) is 11.3 Å². The second kappa shape index (κ2) is 6.31. The van der Waals surface area contributed by atoms with Gasteiger partial charge in [0.25, 0.3) is 0 Å². The third-order valence-corrected chi connectivity index (χ3v) is 1.78. The van der Waals surface area contributed by atoms with Gasteiger partial charge in [-0.05, 0) is 13.0 Å². The quantitative estimate of drug-likeness (QED) is 0.720. The molecule has 0 aliphatic heterocycles. The van der Waals surface area contributed by atoms with Crippen LogP contribution in [0.4, 0.5) is 4.39 Å². The molecular weight excluding hydrogens is 199 g/mol. The summed E-state index contributed by atoms with van der Waals surface area (Å²) in [5.74, 6) is -0.0359. The molecule has 15 heavy (non-hydrogen) atoms. The van der Waals surface area contributed by atoms with Gasteiger partial charge >= 0.3 is 0 Å². The minimum atomic E-state index is -0.410. The molecule has 0 saturated carbocycles. The molecule has 5 heteroatoms. The number of nitrogens with two attached hydrogens (primary N) is 1. The molecule has 0 aliphatic rings. The lowest BCUT2D eigenvalue weighted by molar-refractivity contribution is 0.108. The summed E-state index contributed by atoms with van der Waals surface area (Å²) in [6, 6.07) is 1.32. The number of pyridine rings is 1. The Balaban J connectivity index is 2.52. The van der Waals surface area contributed by atoms with Crippen LogP contribution >= 0.6 is 0 Å². The largest absolute Gasteiger partial charge is 0.475 e. The summed E-state index contributed by atoms with van der Waals surface area (Å²) in [7, 11) is 0. The van der Waals surface area contributed by atoms with Gasteiger partial charge in [-0.15, -0.1) is 0 Å². The molecule has 4 nitrogen and oxygen atoms in total. The van der Waals surface area contributed by atoms with Crippen molar-refractivity contribution in [1.82, 2.24) is 4.98 Å². The van der Waals surface area contributed by atoms with E-state index < -0.39 is 5.82 Å². The van der Waals surface area contributed by atoms with E-state index in [4.69, 9.17) is 15.2 Å². The number of rotatable bonds is 6. The fourth-order valence-corrected chi connectivity index (χ4v) is 1.09. The second-order valence-electron chi connectivity index (χ2n) is 2.87. The van der Waals surface area contributed by atoms with Crippen molar-refractivity contribution in [1.29, 1.82) is 0 Å². The molecule has 0 radical (unpaired) electrons. The Labute approximate surface area is 88.2 Å². The molecule has 0 bridgehead atoms. The SMILES string of the molecule is CCOCCOc1ncc(F)cc1CN. The first-order chi connectivity index (χ1) is 7.27. The molecule has 0 aromatic carbocycles. The second-order valence-corrected chi connectivity index (χ2v) is 2.87. The Kier molecular flexibility index (Phi) is 5.00. The number of halogens is 1. The lowest BCUT2D eigenvalue weighted by Gasteiger charge is -2.08. The summed E-state index contributed by atoms with van der Waals surface area (Å²) in [5.41, 5.74) is 5.99. The fourth-order valence-electron chi connectivity index (χ4n) is 1.09. The van der Waals surface area contributed by atoms with E-state index in [1.807, 2.05) is 6.92 Å². The Morgan fingerprint density at radius 1 is 1.47 bits per heavy atom. The maximum absolute atomic E-state index is 12.8. The van der Waals surface area contributed by atoms with Crippen molar-refractivity contribution in [2.24, 2.45) is 5.73 Å². The molecule has 1 rings (SSSR count). The Hall–Kier alpha value is -1.20. The Bertz CT molecular complexity index is 307. The molecule has 1 aromatic heterocycles. The minimum Gasteiger partial charge on any atom is -0.475 e. The summed E-state index contributed by atoms with van der Waals surface area (Å²) in [5, 5.41) is 0. The molecule has 0 aliphatic carbocycles. The first kappa shape index (κ1) is 11.9. The molecule has 1 heterocycles. The van der Waals surface area contributed by atoms with E-state index in [1.165, 1.54) is 6.07 Å². The Morgan fingerprint density at radius 3 is 2.93 bits per heavy atom. The van der Waals surface area contributed by atoms with Crippen molar-refractivity contribution in [3.63, 3.8) is 0 Å². The van der Waals surface area contributed by atoms with Crippen LogP contribution in [0.3, 0.4) is 0 Å². The van der Waals surface area contributed by atoms with Crippen molar-refractivity contribution >= 4 is 0 Å². The molecular formula is C10H15FN2O2. The lowest BCUT2D eigenvalue weighted by Crippen LogP contribution is -2.10. The van der Waals surface area contributed by atoms with E-state index in [9.17, 15) is 4.39 Å². The van der Waals surface area contributed by atoms with E-state index in [1.54, 1.807) is 0 Å². The molecule has 0 fully saturated rings. The average Bonchev–Trinajstić information content (AvgIpc) is 2.26. The zero-order chi connectivity index (χ0) is 11.1. The monoisotopic (exact) mass is 214 g/mol. The molecule has 84 valence electrons. The van der Waals surface area contributed by atoms with Gasteiger partial charge in [0.2, 0.25) is 5.88 Å². The highest BCUT2D eigenvalue weighted by Crippen LogP contribution is 2.15. The summed E-state index contributed by atoms with van der Waals surface area (Å²) in [6.07, 6.45) is 1.11. The zero-order valence-electron chi connectivity index (χ0n) is 8.70. The summed E-state index contributed by atoms with van der Waals surface area (Å²) < 4.78 is 23.2. The number of hydrogen-bond acceptors (Lipinski definition) is 4. The van der Waals surface area contributed by atoms with Crippen LogP contribution < -0.4 is 10.5 Å². The highest BCUT2D eigenvalue weighted by Gasteiger charge is 2.05. The van der Waals surface area contributed by atoms with Crippen LogP contribution in [0.1, 0.15) is 12.5 Å². The number of ether oxygens (including phenoxy) is 2. The summed E-state index contributed by atoms with van der Waals surface area (Å²) >= 11 is 0. The van der Waals surface area contributed by atoms with Gasteiger partial charge in [0.1, 0.15) is 12.4 Å². The first-order valence-electron chi connectivity index (χ1n) is 4.83. The average molecular weight is 214 g/mol. The minimum absolute atomic E-state index is 0.203. The summed E-state index contributed by atoms with van der Waals surface area (Å²) in [4.78, 5) is 3.81. The maximum atomic E-state index is 12.8. The van der Waals surface area contributed by atoms with Crippen LogP contribution in [0.5, 0.6) is 5.88 Å². The standard InChI is InChI=1S/C10H15FN2O2/c1-2-14-3-4-15-10-8(6-12)5-9(11)7-13-10/h5,7H,2-4,6,12H2,1H3. The Morgan fingerprint density at radius 2 is 2.27 bits per heavy atom. The van der Waals surface area contributed by atoms with E-state index >= 15 is 0 Å². The maximum Gasteiger partial charge on any atom is 0.218 e. The predicted octanol–water partition coefficient (Wildman–Crippen LogP) is 1.09. The normalized spacial score (nSPS) is 10.3. The van der Waals surface area contributed by atoms with Gasteiger partial charge in [0.05, 0.1) is 12.8 Å². The van der Waals surface area contributed by atoms with Crippen molar-refractivity contribution in [2.45, 2.75) is 13.5 Å². The smallest absolute Gasteiger partial charge is 0.218 e. The third-order valence-electron chi connectivity index (χ3n) is 1.78. The van der Waals surface area contributed by atoms with Gasteiger partial charge in [0.15, 0.2) is 0 Å². The van der Waals surface area contributed by atoms with Crippen molar-refractivity contribution in [2.75, 3.05) is 19.8 Å². The van der Waals surface area contributed by atoms with E-state index in [2.05, 4.69) is 4.98 Å². The highest BCUT2D eigenvalue weighted by atomic mass is 19.1. The van der Waals surface area contributed by atoms with Crippen LogP contribution in [0, 0.1) is 5.82 Å². The van der Waals surface area contributed by atoms with Crippen molar-refractivity contribution < 1.29 is 13.9 Å². The van der Waals surface area contributed by atoms with Gasteiger partial charge < -0.3 is 15.2 Å². The third kappa shape index (κ3) is 3.81. The molecule has 0 spiro atoms. The number of hydrogen-bond donors (Lipinski definition) is 1. The molecule has 0 amide bonds. The molecule has 0 atom stereocenters. The van der Waals surface area contributed by atoms with Gasteiger partial charge in [0, 0.05) is 18.7 Å². The van der Waals surface area contributed by atoms with Crippen LogP contribution in [0.25, 0.3) is 0 Å². The van der Waals surface area contributed by atoms with Crippen molar-refractivity contribution in [3.05, 3.63) is 23.6 Å². The number of nitrogens with zero attached hydrogens (tertiary/aromatic N) is 1. The van der Waals surface area contributed by atoms with Gasteiger partial charge in [-0.3, -0.25) is 0 Å². The zero-order valence-corrected chi connectivity index (χ0v) is 8.70. The van der Waals surface area contributed by atoms with Crippen LogP contribution in [0.15, 0.2) is 12.3 Å². The topological polar surface area (TPSA) is 57.4 Å². The fraction of sp³-hybridized carbons (Fsp3) is 0.500. The lowest BCUT2D eigenvalue weighted by atomic mass is 10.3. The van der Waals surface area contributed by atoms with Crippen molar-refractivity contribution in [3.8, 4) is 5.88 Å². The predicted molar refractivity (Wildman–Crippen MR) is 54.1 cm³/mol. The molecule has 0 unspecified atom stereocenters. The van der Waals surface area contributed by atoms with Crippen LogP contribution in [0.2, 0.25) is 0 Å². The van der Waals surface area contributed by atoms with E-state index in [-0.39, 0.29) is 6.54 Å². The first-order valence-corrected chi connectivity index (χ1v) is 4.83. The van der Waals surface area contributed by atoms with Crippen LogP contribution in [-0.4, -0.2) is 24.8 Å². The molecule has 0 saturated heterocycles. The van der Waals surface area contributed by atoms with E-state index in [0.29, 0.717) is 31.3 Å². The van der Waals surface area contributed by atoms with Gasteiger partial charge in [-0.25, -0.2) is 9.37 Å². The highest BCUT2D eigenvalue weighted by molar-refractivity contribution is 5.25. The molecule has 1 aromatic rings. The van der Waals surface area contributed by atoms with E-state index in [0.717, 1.165) is 6.20 Å².